The van der Waals surface area contributed by atoms with Crippen molar-refractivity contribution in [3.63, 3.8) is 0 Å². The smallest absolute Gasteiger partial charge is 0.168 e. The van der Waals surface area contributed by atoms with Gasteiger partial charge in [0, 0.05) is 11.5 Å². The molecule has 0 heterocycles. The summed E-state index contributed by atoms with van der Waals surface area (Å²) < 4.78 is 0. The van der Waals surface area contributed by atoms with Crippen molar-refractivity contribution < 1.29 is 9.90 Å². The summed E-state index contributed by atoms with van der Waals surface area (Å²) in [4.78, 5) is 12.3. The molecule has 0 aromatic heterocycles. The van der Waals surface area contributed by atoms with Gasteiger partial charge in [-0.05, 0) is 24.8 Å². The van der Waals surface area contributed by atoms with Gasteiger partial charge in [0.05, 0.1) is 6.10 Å². The van der Waals surface area contributed by atoms with Gasteiger partial charge >= 0.3 is 0 Å². The van der Waals surface area contributed by atoms with E-state index in [2.05, 4.69) is 6.92 Å². The zero-order valence-corrected chi connectivity index (χ0v) is 10.4. The van der Waals surface area contributed by atoms with Crippen molar-refractivity contribution in [2.75, 3.05) is 0 Å². The lowest BCUT2D eigenvalue weighted by molar-refractivity contribution is 0.0605. The summed E-state index contributed by atoms with van der Waals surface area (Å²) in [5, 5.41) is 10.1. The van der Waals surface area contributed by atoms with Gasteiger partial charge in [-0.15, -0.1) is 0 Å². The highest BCUT2D eigenvalue weighted by Gasteiger charge is 2.31. The fourth-order valence-electron chi connectivity index (χ4n) is 2.60. The van der Waals surface area contributed by atoms with Gasteiger partial charge in [-0.25, -0.2) is 0 Å². The molecule has 0 radical (unpaired) electrons. The van der Waals surface area contributed by atoms with Crippen molar-refractivity contribution >= 4 is 5.78 Å². The van der Waals surface area contributed by atoms with E-state index in [1.54, 1.807) is 0 Å². The van der Waals surface area contributed by atoms with Crippen LogP contribution in [-0.2, 0) is 6.42 Å². The molecule has 2 nitrogen and oxygen atoms in total. The maximum atomic E-state index is 12.3. The predicted molar refractivity (Wildman–Crippen MR) is 68.1 cm³/mol. The Labute approximate surface area is 103 Å². The Kier molecular flexibility index (Phi) is 3.95. The van der Waals surface area contributed by atoms with Crippen molar-refractivity contribution in [1.82, 2.24) is 0 Å². The van der Waals surface area contributed by atoms with Crippen molar-refractivity contribution in [1.29, 1.82) is 0 Å². The molecule has 1 N–H and O–H groups in total. The maximum absolute atomic E-state index is 12.3. The lowest BCUT2D eigenvalue weighted by Gasteiger charge is -2.27. The Morgan fingerprint density at radius 1 is 1.41 bits per heavy atom. The van der Waals surface area contributed by atoms with Crippen LogP contribution in [0.25, 0.3) is 0 Å². The standard InChI is InChI=1S/C15H20O2/c1-2-3-8-14(16)13-10-9-11-6-4-5-7-12(11)15(13)17/h4-7,13-14,16H,2-3,8-10H2,1H3. The summed E-state index contributed by atoms with van der Waals surface area (Å²) in [7, 11) is 0. The number of hydrogen-bond acceptors (Lipinski definition) is 2. The van der Waals surface area contributed by atoms with Gasteiger partial charge in [-0.2, -0.15) is 0 Å². The summed E-state index contributed by atoms with van der Waals surface area (Å²) in [5.41, 5.74) is 1.95. The molecule has 0 saturated heterocycles. The first-order chi connectivity index (χ1) is 8.24. The number of carbonyl (C=O) groups excluding carboxylic acids is 1. The quantitative estimate of drug-likeness (QED) is 0.866. The highest BCUT2D eigenvalue weighted by molar-refractivity contribution is 6.00. The Morgan fingerprint density at radius 3 is 2.94 bits per heavy atom. The first-order valence-electron chi connectivity index (χ1n) is 6.54. The third-order valence-electron chi connectivity index (χ3n) is 3.66. The SMILES string of the molecule is CCCCC(O)C1CCc2ccccc2C1=O. The number of Topliss-reactive ketones (excluding diaryl/α,β-unsaturated/α-hetero) is 1. The van der Waals surface area contributed by atoms with Crippen molar-refractivity contribution in [2.45, 2.75) is 45.1 Å². The topological polar surface area (TPSA) is 37.3 Å². The van der Waals surface area contributed by atoms with E-state index in [1.807, 2.05) is 24.3 Å². The van der Waals surface area contributed by atoms with E-state index in [9.17, 15) is 9.90 Å². The Balaban J connectivity index is 2.11. The van der Waals surface area contributed by atoms with Crippen LogP contribution in [0.2, 0.25) is 0 Å². The highest BCUT2D eigenvalue weighted by Crippen LogP contribution is 2.29. The molecule has 17 heavy (non-hydrogen) atoms. The van der Waals surface area contributed by atoms with Crippen LogP contribution in [0.4, 0.5) is 0 Å². The van der Waals surface area contributed by atoms with Crippen LogP contribution in [0.3, 0.4) is 0 Å². The second kappa shape index (κ2) is 5.46. The molecule has 92 valence electrons. The molecule has 1 aromatic rings. The molecule has 1 aliphatic carbocycles. The number of fused-ring (bicyclic) bond motifs is 1. The molecule has 0 amide bonds. The lowest BCUT2D eigenvalue weighted by atomic mass is 9.79. The van der Waals surface area contributed by atoms with Gasteiger partial charge in [-0.1, -0.05) is 44.0 Å². The number of aliphatic hydroxyl groups is 1. The van der Waals surface area contributed by atoms with Crippen LogP contribution >= 0.6 is 0 Å². The third kappa shape index (κ3) is 2.58. The fourth-order valence-corrected chi connectivity index (χ4v) is 2.60. The molecule has 0 spiro atoms. The molecule has 2 atom stereocenters. The number of aryl methyl sites for hydroxylation is 1. The van der Waals surface area contributed by atoms with E-state index in [0.717, 1.165) is 43.2 Å². The summed E-state index contributed by atoms with van der Waals surface area (Å²) in [6.07, 6.45) is 4.04. The van der Waals surface area contributed by atoms with Crippen molar-refractivity contribution in [3.05, 3.63) is 35.4 Å². The van der Waals surface area contributed by atoms with Crippen LogP contribution in [0, 0.1) is 5.92 Å². The van der Waals surface area contributed by atoms with E-state index in [-0.39, 0.29) is 11.7 Å². The highest BCUT2D eigenvalue weighted by atomic mass is 16.3. The Morgan fingerprint density at radius 2 is 2.18 bits per heavy atom. The molecule has 1 aromatic carbocycles. The molecular weight excluding hydrogens is 212 g/mol. The van der Waals surface area contributed by atoms with E-state index >= 15 is 0 Å². The zero-order valence-electron chi connectivity index (χ0n) is 10.4. The molecule has 0 aliphatic heterocycles. The first kappa shape index (κ1) is 12.3. The number of hydrogen-bond donors (Lipinski definition) is 1. The van der Waals surface area contributed by atoms with Crippen LogP contribution in [0.5, 0.6) is 0 Å². The molecule has 1 aliphatic rings. The second-order valence-electron chi connectivity index (χ2n) is 4.88. The van der Waals surface area contributed by atoms with Gasteiger partial charge in [0.15, 0.2) is 5.78 Å². The van der Waals surface area contributed by atoms with Gasteiger partial charge < -0.3 is 5.11 Å². The van der Waals surface area contributed by atoms with Gasteiger partial charge in [-0.3, -0.25) is 4.79 Å². The van der Waals surface area contributed by atoms with Gasteiger partial charge in [0.25, 0.3) is 0 Å². The van der Waals surface area contributed by atoms with Crippen LogP contribution in [0.1, 0.15) is 48.5 Å². The summed E-state index contributed by atoms with van der Waals surface area (Å²) in [6.45, 7) is 2.10. The number of benzene rings is 1. The minimum Gasteiger partial charge on any atom is -0.392 e. The zero-order chi connectivity index (χ0) is 12.3. The average molecular weight is 232 g/mol. The lowest BCUT2D eigenvalue weighted by Crippen LogP contribution is -2.32. The Bertz CT molecular complexity index is 398. The molecule has 2 rings (SSSR count). The summed E-state index contributed by atoms with van der Waals surface area (Å²) in [6, 6.07) is 7.77. The molecule has 0 fully saturated rings. The van der Waals surface area contributed by atoms with E-state index in [1.165, 1.54) is 0 Å². The second-order valence-corrected chi connectivity index (χ2v) is 4.88. The van der Waals surface area contributed by atoms with Crippen molar-refractivity contribution in [3.8, 4) is 0 Å². The Hall–Kier alpha value is -1.15. The third-order valence-corrected chi connectivity index (χ3v) is 3.66. The average Bonchev–Trinajstić information content (AvgIpc) is 2.37. The largest absolute Gasteiger partial charge is 0.392 e. The van der Waals surface area contributed by atoms with Gasteiger partial charge in [0.2, 0.25) is 0 Å². The van der Waals surface area contributed by atoms with Gasteiger partial charge in [0.1, 0.15) is 0 Å². The first-order valence-corrected chi connectivity index (χ1v) is 6.54. The van der Waals surface area contributed by atoms with Crippen LogP contribution < -0.4 is 0 Å². The molecule has 2 unspecified atom stereocenters. The minimum atomic E-state index is -0.462. The van der Waals surface area contributed by atoms with E-state index in [0.29, 0.717) is 0 Å². The molecule has 0 saturated carbocycles. The fraction of sp³-hybridized carbons (Fsp3) is 0.533. The molecular formula is C15H20O2. The minimum absolute atomic E-state index is 0.135. The number of rotatable bonds is 4. The summed E-state index contributed by atoms with van der Waals surface area (Å²) >= 11 is 0. The monoisotopic (exact) mass is 232 g/mol. The molecule has 2 heteroatoms. The van der Waals surface area contributed by atoms with Crippen LogP contribution in [0.15, 0.2) is 24.3 Å². The maximum Gasteiger partial charge on any atom is 0.168 e. The predicted octanol–water partition coefficient (Wildman–Crippen LogP) is 2.98. The summed E-state index contributed by atoms with van der Waals surface area (Å²) in [5.74, 6) is -0.0492. The number of carbonyl (C=O) groups is 1. The van der Waals surface area contributed by atoms with Crippen molar-refractivity contribution in [2.24, 2.45) is 5.92 Å². The number of ketones is 1. The normalized spacial score (nSPS) is 21.1. The van der Waals surface area contributed by atoms with E-state index in [4.69, 9.17) is 0 Å². The number of aliphatic hydroxyl groups excluding tert-OH is 1. The van der Waals surface area contributed by atoms with E-state index < -0.39 is 6.10 Å². The molecule has 0 bridgehead atoms. The van der Waals surface area contributed by atoms with Crippen LogP contribution in [-0.4, -0.2) is 17.0 Å². The number of unbranched alkanes of at least 4 members (excludes halogenated alkanes) is 1.